The highest BCUT2D eigenvalue weighted by molar-refractivity contribution is 7.89. The first-order chi connectivity index (χ1) is 12.6. The molecule has 0 bridgehead atoms. The van der Waals surface area contributed by atoms with Gasteiger partial charge in [-0.3, -0.25) is 4.79 Å². The standard InChI is InChI=1S/C20H33NO4SSi/c1-17-9-8-12-19(21(17)26(23,24)13-14-27(2,3)4)15-20(22)25-16-18-10-6-5-7-11-18/h5-7,10-11,17,19H,8-9,12-16H2,1-4H3/t17-,19+/m0/s1. The molecule has 7 heteroatoms. The minimum absolute atomic E-state index is 0.0580. The average Bonchev–Trinajstić information content (AvgIpc) is 2.58. The van der Waals surface area contributed by atoms with Crippen LogP contribution in [0, 0.1) is 0 Å². The Kier molecular flexibility index (Phi) is 7.65. The summed E-state index contributed by atoms with van der Waals surface area (Å²) >= 11 is 0. The van der Waals surface area contributed by atoms with Crippen LogP contribution in [0.2, 0.25) is 25.7 Å². The van der Waals surface area contributed by atoms with Crippen LogP contribution in [0.25, 0.3) is 0 Å². The Balaban J connectivity index is 2.01. The van der Waals surface area contributed by atoms with Crippen LogP contribution in [0.4, 0.5) is 0 Å². The molecule has 1 heterocycles. The average molecular weight is 412 g/mol. The second-order valence-corrected chi connectivity index (χ2v) is 16.4. The highest BCUT2D eigenvalue weighted by Crippen LogP contribution is 2.29. The third kappa shape index (κ3) is 7.05. The fourth-order valence-corrected chi connectivity index (χ4v) is 8.47. The maximum Gasteiger partial charge on any atom is 0.307 e. The number of rotatable bonds is 8. The number of benzene rings is 1. The maximum absolute atomic E-state index is 13.0. The van der Waals surface area contributed by atoms with Gasteiger partial charge in [0.25, 0.3) is 0 Å². The van der Waals surface area contributed by atoms with Crippen LogP contribution in [0.3, 0.4) is 0 Å². The molecule has 0 unspecified atom stereocenters. The van der Waals surface area contributed by atoms with Crippen molar-refractivity contribution in [2.75, 3.05) is 5.75 Å². The van der Waals surface area contributed by atoms with Crippen LogP contribution in [0.1, 0.15) is 38.2 Å². The van der Waals surface area contributed by atoms with Gasteiger partial charge in [0.05, 0.1) is 12.2 Å². The largest absolute Gasteiger partial charge is 0.461 e. The molecule has 0 radical (unpaired) electrons. The molecular formula is C20H33NO4SSi. The van der Waals surface area contributed by atoms with Crippen molar-refractivity contribution in [2.45, 2.75) is 77.0 Å². The predicted molar refractivity (Wildman–Crippen MR) is 112 cm³/mol. The van der Waals surface area contributed by atoms with Crippen molar-refractivity contribution in [2.24, 2.45) is 0 Å². The molecule has 0 N–H and O–H groups in total. The minimum atomic E-state index is -3.37. The number of sulfonamides is 1. The summed E-state index contributed by atoms with van der Waals surface area (Å²) in [5, 5.41) is 0. The molecular weight excluding hydrogens is 378 g/mol. The summed E-state index contributed by atoms with van der Waals surface area (Å²) in [5.74, 6) is -0.147. The first kappa shape index (κ1) is 22.1. The van der Waals surface area contributed by atoms with Crippen molar-refractivity contribution in [1.82, 2.24) is 4.31 Å². The van der Waals surface area contributed by atoms with E-state index in [9.17, 15) is 13.2 Å². The summed E-state index contributed by atoms with van der Waals surface area (Å²) in [6.07, 6.45) is 2.64. The summed E-state index contributed by atoms with van der Waals surface area (Å²) in [4.78, 5) is 12.3. The lowest BCUT2D eigenvalue weighted by Gasteiger charge is -2.39. The van der Waals surface area contributed by atoms with Gasteiger partial charge in [-0.1, -0.05) is 56.4 Å². The predicted octanol–water partition coefficient (Wildman–Crippen LogP) is 4.03. The zero-order chi connectivity index (χ0) is 20.1. The Labute approximate surface area is 165 Å². The molecule has 1 aliphatic rings. The summed E-state index contributed by atoms with van der Waals surface area (Å²) in [5.41, 5.74) is 0.933. The van der Waals surface area contributed by atoms with Gasteiger partial charge < -0.3 is 4.74 Å². The summed E-state index contributed by atoms with van der Waals surface area (Å²) < 4.78 is 33.0. The second kappa shape index (κ2) is 9.34. The van der Waals surface area contributed by atoms with Crippen molar-refractivity contribution in [3.63, 3.8) is 0 Å². The number of hydrogen-bond donors (Lipinski definition) is 0. The highest BCUT2D eigenvalue weighted by Gasteiger charge is 2.38. The summed E-state index contributed by atoms with van der Waals surface area (Å²) in [6, 6.07) is 9.92. The van der Waals surface area contributed by atoms with E-state index in [1.54, 1.807) is 4.31 Å². The molecule has 1 fully saturated rings. The topological polar surface area (TPSA) is 63.7 Å². The van der Waals surface area contributed by atoms with Crippen LogP contribution >= 0.6 is 0 Å². The number of piperidine rings is 1. The second-order valence-electron chi connectivity index (χ2n) is 8.74. The van der Waals surface area contributed by atoms with E-state index in [1.165, 1.54) is 0 Å². The normalized spacial score (nSPS) is 21.8. The van der Waals surface area contributed by atoms with Gasteiger partial charge in [0.2, 0.25) is 10.0 Å². The van der Waals surface area contributed by atoms with E-state index in [2.05, 4.69) is 19.6 Å². The molecule has 0 amide bonds. The van der Waals surface area contributed by atoms with E-state index in [4.69, 9.17) is 4.74 Å². The van der Waals surface area contributed by atoms with Gasteiger partial charge >= 0.3 is 5.97 Å². The third-order valence-corrected chi connectivity index (χ3v) is 9.16. The highest BCUT2D eigenvalue weighted by atomic mass is 32.2. The molecule has 2 atom stereocenters. The van der Waals surface area contributed by atoms with Gasteiger partial charge in [-0.05, 0) is 31.4 Å². The lowest BCUT2D eigenvalue weighted by Crippen LogP contribution is -2.50. The number of esters is 1. The molecule has 2 rings (SSSR count). The summed E-state index contributed by atoms with van der Waals surface area (Å²) in [7, 11) is -4.82. The molecule has 0 aliphatic carbocycles. The smallest absolute Gasteiger partial charge is 0.307 e. The quantitative estimate of drug-likeness (QED) is 0.478. The molecule has 0 spiro atoms. The van der Waals surface area contributed by atoms with Crippen molar-refractivity contribution in [1.29, 1.82) is 0 Å². The van der Waals surface area contributed by atoms with E-state index < -0.39 is 18.1 Å². The summed E-state index contributed by atoms with van der Waals surface area (Å²) in [6.45, 7) is 8.72. The van der Waals surface area contributed by atoms with E-state index in [0.29, 0.717) is 0 Å². The van der Waals surface area contributed by atoms with E-state index >= 15 is 0 Å². The first-order valence-corrected chi connectivity index (χ1v) is 15.1. The molecule has 1 saturated heterocycles. The van der Waals surface area contributed by atoms with E-state index in [0.717, 1.165) is 30.9 Å². The molecule has 0 saturated carbocycles. The first-order valence-electron chi connectivity index (χ1n) is 9.79. The number of carbonyl (C=O) groups excluding carboxylic acids is 1. The number of nitrogens with zero attached hydrogens (tertiary/aromatic N) is 1. The third-order valence-electron chi connectivity index (χ3n) is 5.03. The van der Waals surface area contributed by atoms with Gasteiger partial charge in [-0.15, -0.1) is 0 Å². The Bertz CT molecular complexity index is 715. The molecule has 1 aromatic carbocycles. The molecule has 1 aliphatic heterocycles. The monoisotopic (exact) mass is 411 g/mol. The van der Waals surface area contributed by atoms with Gasteiger partial charge in [0.15, 0.2) is 0 Å². The number of hydrogen-bond acceptors (Lipinski definition) is 4. The zero-order valence-electron chi connectivity index (χ0n) is 17.0. The van der Waals surface area contributed by atoms with Crippen molar-refractivity contribution in [3.8, 4) is 0 Å². The Morgan fingerprint density at radius 1 is 1.19 bits per heavy atom. The number of ether oxygens (including phenoxy) is 1. The van der Waals surface area contributed by atoms with Crippen molar-refractivity contribution in [3.05, 3.63) is 35.9 Å². The van der Waals surface area contributed by atoms with Crippen LogP contribution in [0.15, 0.2) is 30.3 Å². The lowest BCUT2D eigenvalue weighted by molar-refractivity contribution is -0.146. The fourth-order valence-electron chi connectivity index (χ4n) is 3.49. The van der Waals surface area contributed by atoms with Gasteiger partial charge in [-0.25, -0.2) is 8.42 Å². The SMILES string of the molecule is C[C@H]1CCC[C@H](CC(=O)OCc2ccccc2)N1S(=O)(=O)CC[Si](C)(C)C. The van der Waals surface area contributed by atoms with Crippen LogP contribution in [-0.4, -0.2) is 44.6 Å². The molecule has 5 nitrogen and oxygen atoms in total. The van der Waals surface area contributed by atoms with E-state index in [1.807, 2.05) is 37.3 Å². The van der Waals surface area contributed by atoms with Crippen LogP contribution < -0.4 is 0 Å². The minimum Gasteiger partial charge on any atom is -0.461 e. The molecule has 1 aromatic rings. The van der Waals surface area contributed by atoms with Crippen LogP contribution in [0.5, 0.6) is 0 Å². The van der Waals surface area contributed by atoms with Gasteiger partial charge in [0.1, 0.15) is 6.61 Å². The van der Waals surface area contributed by atoms with Crippen molar-refractivity contribution >= 4 is 24.1 Å². The van der Waals surface area contributed by atoms with Crippen LogP contribution in [-0.2, 0) is 26.2 Å². The number of carbonyl (C=O) groups is 1. The van der Waals surface area contributed by atoms with Gasteiger partial charge in [-0.2, -0.15) is 4.31 Å². The zero-order valence-corrected chi connectivity index (χ0v) is 18.8. The Hall–Kier alpha value is -1.18. The fraction of sp³-hybridized carbons (Fsp3) is 0.650. The van der Waals surface area contributed by atoms with Crippen molar-refractivity contribution < 1.29 is 17.9 Å². The molecule has 152 valence electrons. The molecule has 27 heavy (non-hydrogen) atoms. The van der Waals surface area contributed by atoms with Gasteiger partial charge in [0, 0.05) is 20.2 Å². The Morgan fingerprint density at radius 3 is 2.48 bits per heavy atom. The lowest BCUT2D eigenvalue weighted by atomic mass is 9.97. The van der Waals surface area contributed by atoms with E-state index in [-0.39, 0.29) is 36.8 Å². The molecule has 0 aromatic heterocycles. The Morgan fingerprint density at radius 2 is 1.85 bits per heavy atom. The maximum atomic E-state index is 13.0.